The molecule has 3 nitrogen and oxygen atoms in total. The molecule has 5 heteroatoms. The Bertz CT molecular complexity index is 476. The second-order valence-corrected chi connectivity index (χ2v) is 7.17. The summed E-state index contributed by atoms with van der Waals surface area (Å²) in [5, 5.41) is 0. The van der Waals surface area contributed by atoms with Crippen LogP contribution in [0.15, 0.2) is 29.2 Å². The Balaban J connectivity index is 2.13. The molecule has 1 heterocycles. The first kappa shape index (κ1) is 12.7. The van der Waals surface area contributed by atoms with Gasteiger partial charge in [0.15, 0.2) is 0 Å². The van der Waals surface area contributed by atoms with Gasteiger partial charge in [-0.1, -0.05) is 6.92 Å². The van der Waals surface area contributed by atoms with Crippen molar-refractivity contribution in [3.8, 4) is 0 Å². The minimum Gasteiger partial charge on any atom is -0.372 e. The Kier molecular flexibility index (Phi) is 3.64. The first-order chi connectivity index (χ1) is 7.97. The highest BCUT2D eigenvalue weighted by Gasteiger charge is 2.16. The van der Waals surface area contributed by atoms with E-state index in [2.05, 4.69) is 11.8 Å². The third kappa shape index (κ3) is 3.13. The summed E-state index contributed by atoms with van der Waals surface area (Å²) in [4.78, 5) is 2.44. The Morgan fingerprint density at radius 2 is 1.71 bits per heavy atom. The van der Waals surface area contributed by atoms with Crippen LogP contribution in [0.5, 0.6) is 0 Å². The van der Waals surface area contributed by atoms with Gasteiger partial charge in [0.1, 0.15) is 0 Å². The Morgan fingerprint density at radius 3 is 2.18 bits per heavy atom. The molecule has 94 valence electrons. The monoisotopic (exact) mass is 273 g/mol. The zero-order valence-corrected chi connectivity index (χ0v) is 11.3. The number of halogens is 1. The molecule has 0 bridgehead atoms. The van der Waals surface area contributed by atoms with Gasteiger partial charge < -0.3 is 4.90 Å². The fourth-order valence-electron chi connectivity index (χ4n) is 2.09. The minimum absolute atomic E-state index is 0.160. The van der Waals surface area contributed by atoms with E-state index >= 15 is 0 Å². The predicted molar refractivity (Wildman–Crippen MR) is 70.1 cm³/mol. The molecule has 1 aliphatic rings. The molecule has 17 heavy (non-hydrogen) atoms. The van der Waals surface area contributed by atoms with Crippen LogP contribution in [-0.2, 0) is 9.05 Å². The average molecular weight is 274 g/mol. The summed E-state index contributed by atoms with van der Waals surface area (Å²) in [5.41, 5.74) is 1.07. The summed E-state index contributed by atoms with van der Waals surface area (Å²) in [6.45, 7) is 4.34. The second-order valence-electron chi connectivity index (χ2n) is 4.60. The molecule has 0 saturated carbocycles. The molecule has 0 spiro atoms. The van der Waals surface area contributed by atoms with Gasteiger partial charge in [0, 0.05) is 29.5 Å². The molecule has 1 aromatic carbocycles. The third-order valence-corrected chi connectivity index (χ3v) is 4.64. The number of benzene rings is 1. The smallest absolute Gasteiger partial charge is 0.261 e. The molecule has 2 rings (SSSR count). The standard InChI is InChI=1S/C12H16ClNO2S/c1-10-6-8-14(9-7-10)11-2-4-12(5-3-11)17(13,15)16/h2-5,10H,6-9H2,1H3. The minimum atomic E-state index is -3.61. The summed E-state index contributed by atoms with van der Waals surface area (Å²) in [6, 6.07) is 6.78. The van der Waals surface area contributed by atoms with E-state index in [1.54, 1.807) is 12.1 Å². The lowest BCUT2D eigenvalue weighted by Gasteiger charge is -2.32. The number of anilines is 1. The Labute approximate surface area is 107 Å². The van der Waals surface area contributed by atoms with E-state index in [-0.39, 0.29) is 4.90 Å². The van der Waals surface area contributed by atoms with Crippen molar-refractivity contribution in [3.63, 3.8) is 0 Å². The molecular weight excluding hydrogens is 258 g/mol. The normalized spacial score (nSPS) is 18.4. The molecule has 1 fully saturated rings. The van der Waals surface area contributed by atoms with Crippen LogP contribution in [0.2, 0.25) is 0 Å². The van der Waals surface area contributed by atoms with Crippen LogP contribution in [0, 0.1) is 5.92 Å². The highest BCUT2D eigenvalue weighted by atomic mass is 35.7. The maximum Gasteiger partial charge on any atom is 0.261 e. The van der Waals surface area contributed by atoms with Gasteiger partial charge in [0.05, 0.1) is 4.90 Å². The van der Waals surface area contributed by atoms with E-state index in [1.807, 2.05) is 12.1 Å². The van der Waals surface area contributed by atoms with Crippen LogP contribution in [0.3, 0.4) is 0 Å². The maximum absolute atomic E-state index is 11.1. The molecule has 0 unspecified atom stereocenters. The first-order valence-corrected chi connectivity index (χ1v) is 8.07. The number of hydrogen-bond donors (Lipinski definition) is 0. The molecule has 1 saturated heterocycles. The fraction of sp³-hybridized carbons (Fsp3) is 0.500. The molecule has 1 aliphatic heterocycles. The van der Waals surface area contributed by atoms with Crippen molar-refractivity contribution in [1.29, 1.82) is 0 Å². The van der Waals surface area contributed by atoms with E-state index in [0.29, 0.717) is 0 Å². The zero-order valence-electron chi connectivity index (χ0n) is 9.77. The Hall–Kier alpha value is -0.740. The second kappa shape index (κ2) is 4.86. The summed E-state index contributed by atoms with van der Waals surface area (Å²) >= 11 is 0. The van der Waals surface area contributed by atoms with Gasteiger partial charge in [0.2, 0.25) is 0 Å². The van der Waals surface area contributed by atoms with E-state index < -0.39 is 9.05 Å². The number of nitrogens with zero attached hydrogens (tertiary/aromatic N) is 1. The van der Waals surface area contributed by atoms with Gasteiger partial charge in [-0.05, 0) is 43.0 Å². The lowest BCUT2D eigenvalue weighted by Crippen LogP contribution is -2.32. The van der Waals surface area contributed by atoms with Gasteiger partial charge >= 0.3 is 0 Å². The molecule has 0 amide bonds. The number of piperidine rings is 1. The van der Waals surface area contributed by atoms with Gasteiger partial charge in [-0.25, -0.2) is 8.42 Å². The van der Waals surface area contributed by atoms with E-state index in [1.165, 1.54) is 12.8 Å². The van der Waals surface area contributed by atoms with Gasteiger partial charge in [-0.15, -0.1) is 0 Å². The van der Waals surface area contributed by atoms with Crippen molar-refractivity contribution in [3.05, 3.63) is 24.3 Å². The summed E-state index contributed by atoms with van der Waals surface area (Å²) in [6.07, 6.45) is 2.38. The molecule has 0 aromatic heterocycles. The highest BCUT2D eigenvalue weighted by Crippen LogP contribution is 2.24. The van der Waals surface area contributed by atoms with Crippen LogP contribution in [-0.4, -0.2) is 21.5 Å². The lowest BCUT2D eigenvalue weighted by molar-refractivity contribution is 0.438. The summed E-state index contributed by atoms with van der Waals surface area (Å²) < 4.78 is 22.2. The molecule has 0 aliphatic carbocycles. The maximum atomic E-state index is 11.1. The fourth-order valence-corrected chi connectivity index (χ4v) is 2.86. The Morgan fingerprint density at radius 1 is 1.18 bits per heavy atom. The number of rotatable bonds is 2. The molecule has 0 radical (unpaired) electrons. The van der Waals surface area contributed by atoms with E-state index in [4.69, 9.17) is 10.7 Å². The number of hydrogen-bond acceptors (Lipinski definition) is 3. The van der Waals surface area contributed by atoms with Crippen molar-refractivity contribution >= 4 is 25.4 Å². The first-order valence-electron chi connectivity index (χ1n) is 5.76. The van der Waals surface area contributed by atoms with Crippen LogP contribution >= 0.6 is 10.7 Å². The third-order valence-electron chi connectivity index (χ3n) is 3.27. The lowest BCUT2D eigenvalue weighted by atomic mass is 9.99. The van der Waals surface area contributed by atoms with Crippen LogP contribution in [0.4, 0.5) is 5.69 Å². The van der Waals surface area contributed by atoms with Gasteiger partial charge in [-0.2, -0.15) is 0 Å². The van der Waals surface area contributed by atoms with Crippen LogP contribution < -0.4 is 4.90 Å². The van der Waals surface area contributed by atoms with Crippen molar-refractivity contribution in [2.45, 2.75) is 24.7 Å². The van der Waals surface area contributed by atoms with Crippen molar-refractivity contribution < 1.29 is 8.42 Å². The highest BCUT2D eigenvalue weighted by molar-refractivity contribution is 8.13. The van der Waals surface area contributed by atoms with Crippen LogP contribution in [0.25, 0.3) is 0 Å². The van der Waals surface area contributed by atoms with Crippen molar-refractivity contribution in [1.82, 2.24) is 0 Å². The average Bonchev–Trinajstić information content (AvgIpc) is 2.29. The van der Waals surface area contributed by atoms with Gasteiger partial charge in [0.25, 0.3) is 9.05 Å². The molecule has 1 aromatic rings. The summed E-state index contributed by atoms with van der Waals surface area (Å²) in [7, 11) is 1.67. The van der Waals surface area contributed by atoms with Crippen molar-refractivity contribution in [2.24, 2.45) is 5.92 Å². The molecule has 0 N–H and O–H groups in total. The predicted octanol–water partition coefficient (Wildman–Crippen LogP) is 2.85. The molecule has 0 atom stereocenters. The SMILES string of the molecule is CC1CCN(c2ccc(S(=O)(=O)Cl)cc2)CC1. The van der Waals surface area contributed by atoms with E-state index in [9.17, 15) is 8.42 Å². The van der Waals surface area contributed by atoms with Crippen molar-refractivity contribution in [2.75, 3.05) is 18.0 Å². The van der Waals surface area contributed by atoms with Crippen LogP contribution in [0.1, 0.15) is 19.8 Å². The summed E-state index contributed by atoms with van der Waals surface area (Å²) in [5.74, 6) is 0.786. The van der Waals surface area contributed by atoms with E-state index in [0.717, 1.165) is 24.7 Å². The molecular formula is C12H16ClNO2S. The van der Waals surface area contributed by atoms with Gasteiger partial charge in [-0.3, -0.25) is 0 Å². The quantitative estimate of drug-likeness (QED) is 0.778. The topological polar surface area (TPSA) is 37.4 Å². The zero-order chi connectivity index (χ0) is 12.5. The largest absolute Gasteiger partial charge is 0.372 e.